The molecule has 5 nitrogen and oxygen atoms in total. The van der Waals surface area contributed by atoms with Crippen molar-refractivity contribution in [3.8, 4) is 0 Å². The summed E-state index contributed by atoms with van der Waals surface area (Å²) in [6.07, 6.45) is 1.81. The van der Waals surface area contributed by atoms with Gasteiger partial charge in [-0.25, -0.2) is 4.79 Å². The van der Waals surface area contributed by atoms with E-state index >= 15 is 0 Å². The lowest BCUT2D eigenvalue weighted by atomic mass is 10.0. The average molecular weight is 253 g/mol. The van der Waals surface area contributed by atoms with E-state index in [2.05, 4.69) is 4.99 Å². The van der Waals surface area contributed by atoms with Crippen LogP contribution in [0.3, 0.4) is 0 Å². The number of amidine groups is 1. The van der Waals surface area contributed by atoms with Gasteiger partial charge in [-0.05, 0) is 12.8 Å². The van der Waals surface area contributed by atoms with E-state index in [9.17, 15) is 4.79 Å². The summed E-state index contributed by atoms with van der Waals surface area (Å²) in [4.78, 5) is 13.7. The maximum Gasteiger partial charge on any atom is 0.354 e. The van der Waals surface area contributed by atoms with Crippen LogP contribution in [0.4, 0.5) is 0 Å². The minimum absolute atomic E-state index is 0. The van der Waals surface area contributed by atoms with E-state index in [1.807, 2.05) is 0 Å². The molecule has 2 aliphatic rings. The van der Waals surface area contributed by atoms with Crippen molar-refractivity contribution >= 4 is 22.9 Å². The first-order chi connectivity index (χ1) is 6.69. The van der Waals surface area contributed by atoms with E-state index in [-0.39, 0.29) is 24.4 Å². The van der Waals surface area contributed by atoms with Crippen molar-refractivity contribution < 1.29 is 31.7 Å². The fourth-order valence-electron chi connectivity index (χ4n) is 1.82. The summed E-state index contributed by atoms with van der Waals surface area (Å²) in [7, 11) is 1.36. The largest absolute Gasteiger partial charge is 1.00 e. The van der Waals surface area contributed by atoms with Crippen molar-refractivity contribution in [2.45, 2.75) is 23.8 Å². The standard InChI is InChI=1S/C8H12N2O3S.ClH/c1-12-6(11)8-5(3-2-4-13-8)10-7(9)14-8;/h5H,2-4H2,1H3,(H2,9,10);1H. The molecule has 0 saturated carbocycles. The maximum atomic E-state index is 11.6. The molecule has 0 aromatic heterocycles. The number of rotatable bonds is 1. The molecule has 0 amide bonds. The summed E-state index contributed by atoms with van der Waals surface area (Å²) < 4.78 is 10.3. The fourth-order valence-corrected chi connectivity index (χ4v) is 2.98. The zero-order valence-electron chi connectivity index (χ0n) is 8.29. The van der Waals surface area contributed by atoms with Crippen LogP contribution in [0, 0.1) is 0 Å². The highest BCUT2D eigenvalue weighted by molar-refractivity contribution is 8.15. The van der Waals surface area contributed by atoms with Crippen LogP contribution >= 0.6 is 11.8 Å². The van der Waals surface area contributed by atoms with Crippen molar-refractivity contribution in [1.29, 1.82) is 0 Å². The second-order valence-electron chi connectivity index (χ2n) is 3.31. The monoisotopic (exact) mass is 252 g/mol. The number of nitrogens with one attached hydrogen (secondary N) is 1. The zero-order valence-corrected chi connectivity index (χ0v) is 9.86. The van der Waals surface area contributed by atoms with Crippen molar-refractivity contribution in [1.82, 2.24) is 0 Å². The molecule has 86 valence electrons. The molecular formula is C8H13ClN2O3S. The Morgan fingerprint density at radius 1 is 1.80 bits per heavy atom. The Morgan fingerprint density at radius 2 is 2.53 bits per heavy atom. The van der Waals surface area contributed by atoms with E-state index in [0.717, 1.165) is 12.8 Å². The third-order valence-corrected chi connectivity index (χ3v) is 3.67. The molecule has 15 heavy (non-hydrogen) atoms. The highest BCUT2D eigenvalue weighted by Crippen LogP contribution is 2.37. The quantitative estimate of drug-likeness (QED) is 0.458. The van der Waals surface area contributed by atoms with Crippen LogP contribution in [0.2, 0.25) is 0 Å². The second-order valence-corrected chi connectivity index (χ2v) is 4.56. The Hall–Kier alpha value is -0.460. The summed E-state index contributed by atoms with van der Waals surface area (Å²) in [5.41, 5.74) is 5.65. The van der Waals surface area contributed by atoms with Crippen LogP contribution in [0.1, 0.15) is 12.8 Å². The molecule has 2 unspecified atom stereocenters. The van der Waals surface area contributed by atoms with Gasteiger partial charge in [0.2, 0.25) is 0 Å². The molecule has 0 aromatic rings. The van der Waals surface area contributed by atoms with Gasteiger partial charge in [0.25, 0.3) is 4.93 Å². The summed E-state index contributed by atoms with van der Waals surface area (Å²) in [6, 6.07) is -0.0614. The Balaban J connectivity index is 0.00000112. The van der Waals surface area contributed by atoms with Gasteiger partial charge in [-0.3, -0.25) is 10.7 Å². The molecule has 2 aliphatic heterocycles. The number of carbonyl (C=O) groups is 1. The van der Waals surface area contributed by atoms with Crippen molar-refractivity contribution in [2.24, 2.45) is 5.73 Å². The number of fused-ring (bicyclic) bond motifs is 1. The number of hydrogen-bond donors (Lipinski definition) is 2. The number of halogens is 1. The second kappa shape index (κ2) is 4.59. The lowest BCUT2D eigenvalue weighted by Gasteiger charge is -2.32. The highest BCUT2D eigenvalue weighted by Gasteiger charge is 2.58. The molecule has 7 heteroatoms. The Labute approximate surface area is 98.2 Å². The van der Waals surface area contributed by atoms with Crippen LogP contribution in [0.5, 0.6) is 0 Å². The van der Waals surface area contributed by atoms with Crippen LogP contribution in [0.15, 0.2) is 0 Å². The summed E-state index contributed by atoms with van der Waals surface area (Å²) in [5.74, 6) is -0.361. The first-order valence-electron chi connectivity index (χ1n) is 4.49. The maximum absolute atomic E-state index is 11.6. The van der Waals surface area contributed by atoms with E-state index in [4.69, 9.17) is 15.2 Å². The van der Waals surface area contributed by atoms with Gasteiger partial charge in [0, 0.05) is 18.4 Å². The van der Waals surface area contributed by atoms with Crippen LogP contribution in [-0.4, -0.2) is 35.8 Å². The van der Waals surface area contributed by atoms with Gasteiger partial charge >= 0.3 is 11.1 Å². The predicted molar refractivity (Wildman–Crippen MR) is 51.5 cm³/mol. The van der Waals surface area contributed by atoms with Gasteiger partial charge in [-0.1, -0.05) is 0 Å². The molecule has 0 spiro atoms. The number of esters is 1. The molecule has 0 aliphatic carbocycles. The molecule has 0 radical (unpaired) electrons. The van der Waals surface area contributed by atoms with Gasteiger partial charge in [0.1, 0.15) is 6.04 Å². The lowest BCUT2D eigenvalue weighted by molar-refractivity contribution is -0.517. The Bertz CT molecular complexity index is 300. The fraction of sp³-hybridized carbons (Fsp3) is 0.750. The SMILES string of the molecule is COC(=O)C12OCCCC1[NH+]=C(N)S2.[Cl-]. The van der Waals surface area contributed by atoms with Gasteiger partial charge in [0.05, 0.1) is 7.11 Å². The molecule has 3 N–H and O–H groups in total. The number of carbonyl (C=O) groups excluding carboxylic acids is 1. The van der Waals surface area contributed by atoms with Crippen molar-refractivity contribution in [3.05, 3.63) is 0 Å². The van der Waals surface area contributed by atoms with Gasteiger partial charge in [-0.15, -0.1) is 0 Å². The van der Waals surface area contributed by atoms with Crippen molar-refractivity contribution in [2.75, 3.05) is 13.7 Å². The molecule has 0 bridgehead atoms. The minimum atomic E-state index is -0.947. The van der Waals surface area contributed by atoms with Crippen LogP contribution in [-0.2, 0) is 14.3 Å². The number of hydrogen-bond acceptors (Lipinski definition) is 5. The smallest absolute Gasteiger partial charge is 0.354 e. The summed E-state index contributed by atoms with van der Waals surface area (Å²) >= 11 is 1.22. The predicted octanol–water partition coefficient (Wildman–Crippen LogP) is -4.82. The van der Waals surface area contributed by atoms with E-state index in [0.29, 0.717) is 11.8 Å². The minimum Gasteiger partial charge on any atom is -1.00 e. The topological polar surface area (TPSA) is 75.5 Å². The molecule has 1 saturated heterocycles. The van der Waals surface area contributed by atoms with Gasteiger partial charge in [0.15, 0.2) is 0 Å². The molecule has 1 fully saturated rings. The van der Waals surface area contributed by atoms with Crippen LogP contribution < -0.4 is 23.1 Å². The van der Waals surface area contributed by atoms with E-state index in [1.54, 1.807) is 0 Å². The molecular weight excluding hydrogens is 240 g/mol. The average Bonchev–Trinajstić information content (AvgIpc) is 2.53. The van der Waals surface area contributed by atoms with Crippen LogP contribution in [0.25, 0.3) is 0 Å². The lowest BCUT2D eigenvalue weighted by Crippen LogP contribution is -3.00. The first-order valence-corrected chi connectivity index (χ1v) is 5.31. The van der Waals surface area contributed by atoms with Gasteiger partial charge < -0.3 is 21.9 Å². The Morgan fingerprint density at radius 3 is 3.20 bits per heavy atom. The van der Waals surface area contributed by atoms with E-state index < -0.39 is 4.93 Å². The number of methoxy groups -OCH3 is 1. The first kappa shape index (κ1) is 12.6. The molecule has 2 rings (SSSR count). The summed E-state index contributed by atoms with van der Waals surface area (Å²) in [6.45, 7) is 0.577. The highest BCUT2D eigenvalue weighted by atomic mass is 35.5. The van der Waals surface area contributed by atoms with Gasteiger partial charge in [-0.2, -0.15) is 0 Å². The number of thioether (sulfide) groups is 1. The summed E-state index contributed by atoms with van der Waals surface area (Å²) in [5, 5.41) is 0.530. The molecule has 0 aromatic carbocycles. The normalized spacial score (nSPS) is 33.7. The molecule has 2 atom stereocenters. The van der Waals surface area contributed by atoms with Crippen molar-refractivity contribution in [3.63, 3.8) is 0 Å². The number of ether oxygens (including phenoxy) is 2. The number of nitrogens with two attached hydrogens (primary N) is 1. The zero-order chi connectivity index (χ0) is 10.2. The third kappa shape index (κ3) is 1.93. The third-order valence-electron chi connectivity index (χ3n) is 2.46. The molecule has 2 heterocycles. The Kier molecular flexibility index (Phi) is 3.86. The van der Waals surface area contributed by atoms with E-state index in [1.165, 1.54) is 18.9 Å².